The van der Waals surface area contributed by atoms with Crippen LogP contribution in [0.4, 0.5) is 0 Å². The van der Waals surface area contributed by atoms with Crippen molar-refractivity contribution in [3.8, 4) is 16.9 Å². The SMILES string of the molecule is CCSC(=O)c1cccc(-c2ccc(O)c3c2C[C@H]2C[C@H]4[C@H](N(C)C)C(=O)C(C(N)=O)C(=O)[C@@]4(O)C(=O)C2C3=O)c1. The van der Waals surface area contributed by atoms with E-state index in [1.807, 2.05) is 6.92 Å². The fourth-order valence-corrected chi connectivity index (χ4v) is 7.46. The van der Waals surface area contributed by atoms with Gasteiger partial charge in [0.2, 0.25) is 11.0 Å². The van der Waals surface area contributed by atoms with Crippen LogP contribution in [0.2, 0.25) is 0 Å². The number of rotatable bonds is 5. The summed E-state index contributed by atoms with van der Waals surface area (Å²) in [6.45, 7) is 1.87. The molecule has 3 aliphatic carbocycles. The first-order chi connectivity index (χ1) is 19.3. The molecule has 1 amide bonds. The normalized spacial score (nSPS) is 29.1. The molecule has 0 radical (unpaired) electrons. The van der Waals surface area contributed by atoms with Crippen molar-refractivity contribution in [3.05, 3.63) is 53.1 Å². The Labute approximate surface area is 240 Å². The third-order valence-corrected chi connectivity index (χ3v) is 9.42. The molecule has 0 saturated heterocycles. The number of carbonyl (C=O) groups is 6. The van der Waals surface area contributed by atoms with E-state index in [1.165, 1.54) is 36.8 Å². The predicted molar refractivity (Wildman–Crippen MR) is 149 cm³/mol. The zero-order chi connectivity index (χ0) is 30.0. The van der Waals surface area contributed by atoms with E-state index in [0.717, 1.165) is 0 Å². The Balaban J connectivity index is 1.63. The number of thioether (sulfide) groups is 1. The van der Waals surface area contributed by atoms with Crippen molar-refractivity contribution in [3.63, 3.8) is 0 Å². The molecule has 214 valence electrons. The highest BCUT2D eigenvalue weighted by Gasteiger charge is 2.69. The summed E-state index contributed by atoms with van der Waals surface area (Å²) < 4.78 is 0. The minimum atomic E-state index is -2.77. The highest BCUT2D eigenvalue weighted by Crippen LogP contribution is 2.51. The Bertz CT molecular complexity index is 1530. The lowest BCUT2D eigenvalue weighted by Gasteiger charge is -2.52. The third-order valence-electron chi connectivity index (χ3n) is 8.63. The molecule has 6 atom stereocenters. The van der Waals surface area contributed by atoms with Crippen molar-refractivity contribution in [2.45, 2.75) is 31.4 Å². The maximum atomic E-state index is 13.9. The Hall–Kier alpha value is -3.67. The van der Waals surface area contributed by atoms with Gasteiger partial charge in [-0.25, -0.2) is 0 Å². The van der Waals surface area contributed by atoms with Crippen LogP contribution in [0.1, 0.15) is 39.6 Å². The van der Waals surface area contributed by atoms with Crippen LogP contribution in [-0.4, -0.2) is 80.8 Å². The van der Waals surface area contributed by atoms with Crippen molar-refractivity contribution >= 4 is 45.9 Å². The summed E-state index contributed by atoms with van der Waals surface area (Å²) in [4.78, 5) is 80.6. The van der Waals surface area contributed by atoms with Gasteiger partial charge in [0.05, 0.1) is 17.5 Å². The summed E-state index contributed by atoms with van der Waals surface area (Å²) in [5, 5.41) is 22.3. The molecule has 2 unspecified atom stereocenters. The van der Waals surface area contributed by atoms with Gasteiger partial charge in [-0.05, 0) is 67.4 Å². The quantitative estimate of drug-likeness (QED) is 0.441. The van der Waals surface area contributed by atoms with Gasteiger partial charge in [-0.15, -0.1) is 0 Å². The largest absolute Gasteiger partial charge is 0.507 e. The molecular weight excluding hydrogens is 548 g/mol. The second-order valence-corrected chi connectivity index (χ2v) is 12.3. The van der Waals surface area contributed by atoms with Gasteiger partial charge >= 0.3 is 0 Å². The van der Waals surface area contributed by atoms with Gasteiger partial charge in [-0.3, -0.25) is 33.7 Å². The van der Waals surface area contributed by atoms with Gasteiger partial charge in [-0.1, -0.05) is 43.0 Å². The predicted octanol–water partition coefficient (Wildman–Crippen LogP) is 1.43. The molecule has 0 heterocycles. The first kappa shape index (κ1) is 28.8. The number of likely N-dealkylation sites (N-methyl/N-ethyl adjacent to an activating group) is 1. The number of aliphatic hydroxyl groups is 1. The summed E-state index contributed by atoms with van der Waals surface area (Å²) in [6.07, 6.45) is 0.0993. The molecule has 3 aliphatic rings. The average Bonchev–Trinajstić information content (AvgIpc) is 2.90. The number of phenolic OH excluding ortho intramolecular Hbond substituents is 1. The number of amides is 1. The molecule has 0 spiro atoms. The van der Waals surface area contributed by atoms with E-state index < -0.39 is 64.4 Å². The highest BCUT2D eigenvalue weighted by atomic mass is 32.2. The second-order valence-electron chi connectivity index (χ2n) is 11.1. The van der Waals surface area contributed by atoms with Crippen molar-refractivity contribution < 1.29 is 39.0 Å². The number of carbonyl (C=O) groups excluding carboxylic acids is 6. The molecule has 2 saturated carbocycles. The summed E-state index contributed by atoms with van der Waals surface area (Å²) in [7, 11) is 3.08. The van der Waals surface area contributed by atoms with Gasteiger partial charge in [0.15, 0.2) is 34.7 Å². The molecule has 2 aromatic carbocycles. The van der Waals surface area contributed by atoms with Crippen LogP contribution in [0, 0.1) is 23.7 Å². The lowest BCUT2D eigenvalue weighted by molar-refractivity contribution is -0.181. The Morgan fingerprint density at radius 2 is 1.80 bits per heavy atom. The molecule has 2 aromatic rings. The minimum Gasteiger partial charge on any atom is -0.507 e. The fraction of sp³-hybridized carbons (Fsp3) is 0.400. The Kier molecular flexibility index (Phi) is 7.25. The molecule has 4 N–H and O–H groups in total. The number of nitrogens with two attached hydrogens (primary N) is 1. The van der Waals surface area contributed by atoms with E-state index in [-0.39, 0.29) is 29.3 Å². The second kappa shape index (κ2) is 10.3. The molecule has 10 nitrogen and oxygen atoms in total. The van der Waals surface area contributed by atoms with Crippen molar-refractivity contribution in [1.29, 1.82) is 0 Å². The number of fused-ring (bicyclic) bond motifs is 3. The molecular formula is C30H30N2O8S. The topological polar surface area (TPSA) is 172 Å². The van der Waals surface area contributed by atoms with E-state index in [0.29, 0.717) is 28.0 Å². The lowest BCUT2D eigenvalue weighted by atomic mass is 9.52. The molecule has 5 rings (SSSR count). The fourth-order valence-electron chi connectivity index (χ4n) is 6.90. The lowest BCUT2D eigenvalue weighted by Crippen LogP contribution is -2.74. The standard InChI is InChI=1S/C30H30N2O8S/c1-4-41-29(39)14-7-5-6-13(10-14)16-8-9-19(33)21-17(16)11-15-12-18-23(32(2)3)25(35)22(28(31)38)27(37)30(18,40)26(36)20(15)24(21)34/h5-10,15,18,20,22-23,33,40H,4,11-12H2,1-3H3,(H2,31,38)/t15-,18-,20?,22?,23-,30-/m0/s1. The molecule has 11 heteroatoms. The third kappa shape index (κ3) is 4.25. The monoisotopic (exact) mass is 578 g/mol. The van der Waals surface area contributed by atoms with Crippen LogP contribution in [0.15, 0.2) is 36.4 Å². The van der Waals surface area contributed by atoms with Gasteiger partial charge in [0, 0.05) is 11.5 Å². The van der Waals surface area contributed by atoms with Gasteiger partial charge < -0.3 is 15.9 Å². The number of primary amides is 1. The van der Waals surface area contributed by atoms with E-state index in [1.54, 1.807) is 30.3 Å². The van der Waals surface area contributed by atoms with E-state index in [2.05, 4.69) is 0 Å². The smallest absolute Gasteiger partial charge is 0.235 e. The van der Waals surface area contributed by atoms with Crippen LogP contribution in [0.5, 0.6) is 5.75 Å². The van der Waals surface area contributed by atoms with Crippen LogP contribution < -0.4 is 5.73 Å². The average molecular weight is 579 g/mol. The van der Waals surface area contributed by atoms with E-state index in [4.69, 9.17) is 5.73 Å². The molecule has 0 aliphatic heterocycles. The highest BCUT2D eigenvalue weighted by molar-refractivity contribution is 8.14. The zero-order valence-electron chi connectivity index (χ0n) is 22.7. The van der Waals surface area contributed by atoms with Crippen LogP contribution in [0.25, 0.3) is 11.1 Å². The van der Waals surface area contributed by atoms with Crippen molar-refractivity contribution in [2.75, 3.05) is 19.8 Å². The maximum absolute atomic E-state index is 13.9. The number of ketones is 4. The number of benzene rings is 2. The number of Topliss-reactive ketones (excluding diaryl/α,β-unsaturated/α-hetero) is 4. The van der Waals surface area contributed by atoms with E-state index >= 15 is 0 Å². The van der Waals surface area contributed by atoms with E-state index in [9.17, 15) is 39.0 Å². The van der Waals surface area contributed by atoms with Crippen LogP contribution in [-0.2, 0) is 25.6 Å². The number of nitrogens with zero attached hydrogens (tertiary/aromatic N) is 1. The van der Waals surface area contributed by atoms with Gasteiger partial charge in [0.1, 0.15) is 5.75 Å². The van der Waals surface area contributed by atoms with Gasteiger partial charge in [0.25, 0.3) is 0 Å². The molecule has 2 fully saturated rings. The minimum absolute atomic E-state index is 0.0370. The molecule has 41 heavy (non-hydrogen) atoms. The van der Waals surface area contributed by atoms with Gasteiger partial charge in [-0.2, -0.15) is 0 Å². The Morgan fingerprint density at radius 3 is 2.44 bits per heavy atom. The summed E-state index contributed by atoms with van der Waals surface area (Å²) >= 11 is 1.17. The summed E-state index contributed by atoms with van der Waals surface area (Å²) in [6, 6.07) is 8.73. The first-order valence-corrected chi connectivity index (χ1v) is 14.3. The summed E-state index contributed by atoms with van der Waals surface area (Å²) in [5.74, 6) is -10.3. The summed E-state index contributed by atoms with van der Waals surface area (Å²) in [5.41, 5.74) is 4.70. The number of hydrogen-bond acceptors (Lipinski definition) is 10. The Morgan fingerprint density at radius 1 is 1.10 bits per heavy atom. The number of hydrogen-bond donors (Lipinski definition) is 3. The zero-order valence-corrected chi connectivity index (χ0v) is 23.6. The van der Waals surface area contributed by atoms with Crippen LogP contribution in [0.3, 0.4) is 0 Å². The molecule has 0 aromatic heterocycles. The molecule has 0 bridgehead atoms. The van der Waals surface area contributed by atoms with Crippen molar-refractivity contribution in [1.82, 2.24) is 4.90 Å². The maximum Gasteiger partial charge on any atom is 0.235 e. The number of phenols is 1. The first-order valence-electron chi connectivity index (χ1n) is 13.3. The number of aromatic hydroxyl groups is 1. The van der Waals surface area contributed by atoms with Crippen molar-refractivity contribution in [2.24, 2.45) is 29.4 Å². The van der Waals surface area contributed by atoms with Crippen LogP contribution >= 0.6 is 11.8 Å².